The first-order chi connectivity index (χ1) is 12.0. The maximum Gasteiger partial charge on any atom is 0.387 e. The Morgan fingerprint density at radius 1 is 1.12 bits per heavy atom. The summed E-state index contributed by atoms with van der Waals surface area (Å²) in [5, 5.41) is 5.05. The van der Waals surface area contributed by atoms with Gasteiger partial charge in [-0.1, -0.05) is 31.2 Å². The quantitative estimate of drug-likeness (QED) is 0.807. The molecule has 2 N–H and O–H groups in total. The summed E-state index contributed by atoms with van der Waals surface area (Å²) in [6.45, 7) is -1.33. The predicted molar refractivity (Wildman–Crippen MR) is 89.9 cm³/mol. The zero-order valence-electron chi connectivity index (χ0n) is 13.6. The topological polar surface area (TPSA) is 67.4 Å². The molecule has 0 aliphatic carbocycles. The van der Waals surface area contributed by atoms with Gasteiger partial charge in [0.15, 0.2) is 0 Å². The van der Waals surface area contributed by atoms with E-state index in [1.807, 2.05) is 25.1 Å². The number of anilines is 1. The highest BCUT2D eigenvalue weighted by molar-refractivity contribution is 6.00. The van der Waals surface area contributed by atoms with Gasteiger partial charge in [0, 0.05) is 5.69 Å². The first-order valence-electron chi connectivity index (χ1n) is 7.70. The number of halogens is 2. The third-order valence-corrected chi connectivity index (χ3v) is 3.38. The van der Waals surface area contributed by atoms with E-state index in [1.54, 1.807) is 6.07 Å². The summed E-state index contributed by atoms with van der Waals surface area (Å²) in [6, 6.07) is 12.9. The van der Waals surface area contributed by atoms with Crippen LogP contribution in [0, 0.1) is 0 Å². The fourth-order valence-corrected chi connectivity index (χ4v) is 2.18. The number of amides is 2. The SMILES string of the molecule is CCc1cccc(NC(=O)CNC(=O)c2ccccc2OC(F)F)c1. The van der Waals surface area contributed by atoms with Crippen LogP contribution < -0.4 is 15.4 Å². The minimum Gasteiger partial charge on any atom is -0.434 e. The second-order valence-electron chi connectivity index (χ2n) is 5.16. The normalized spacial score (nSPS) is 10.4. The number of hydrogen-bond donors (Lipinski definition) is 2. The van der Waals surface area contributed by atoms with Crippen LogP contribution in [0.4, 0.5) is 14.5 Å². The minimum atomic E-state index is -3.04. The van der Waals surface area contributed by atoms with E-state index in [9.17, 15) is 18.4 Å². The van der Waals surface area contributed by atoms with Crippen molar-refractivity contribution >= 4 is 17.5 Å². The molecule has 0 spiro atoms. The molecule has 0 fully saturated rings. The van der Waals surface area contributed by atoms with Crippen LogP contribution in [0.5, 0.6) is 5.75 Å². The lowest BCUT2D eigenvalue weighted by Crippen LogP contribution is -2.33. The van der Waals surface area contributed by atoms with Gasteiger partial charge in [-0.15, -0.1) is 0 Å². The van der Waals surface area contributed by atoms with Crippen LogP contribution >= 0.6 is 0 Å². The van der Waals surface area contributed by atoms with Crippen molar-refractivity contribution in [1.82, 2.24) is 5.32 Å². The molecular weight excluding hydrogens is 330 g/mol. The fraction of sp³-hybridized carbons (Fsp3) is 0.222. The van der Waals surface area contributed by atoms with Gasteiger partial charge in [0.1, 0.15) is 5.75 Å². The second-order valence-corrected chi connectivity index (χ2v) is 5.16. The maximum atomic E-state index is 12.4. The highest BCUT2D eigenvalue weighted by Gasteiger charge is 2.16. The molecule has 2 aromatic rings. The molecule has 5 nitrogen and oxygen atoms in total. The predicted octanol–water partition coefficient (Wildman–Crippen LogP) is 3.22. The van der Waals surface area contributed by atoms with Crippen molar-refractivity contribution in [3.05, 3.63) is 59.7 Å². The average molecular weight is 348 g/mol. The molecule has 0 heterocycles. The van der Waals surface area contributed by atoms with Gasteiger partial charge in [-0.3, -0.25) is 9.59 Å². The molecule has 2 aromatic carbocycles. The molecule has 7 heteroatoms. The van der Waals surface area contributed by atoms with E-state index in [0.717, 1.165) is 12.0 Å². The number of carbonyl (C=O) groups excluding carboxylic acids is 2. The van der Waals surface area contributed by atoms with Gasteiger partial charge < -0.3 is 15.4 Å². The van der Waals surface area contributed by atoms with E-state index in [4.69, 9.17) is 0 Å². The van der Waals surface area contributed by atoms with E-state index in [2.05, 4.69) is 15.4 Å². The van der Waals surface area contributed by atoms with Gasteiger partial charge in [0.25, 0.3) is 5.91 Å². The second kappa shape index (κ2) is 8.77. The van der Waals surface area contributed by atoms with Crippen LogP contribution in [0.25, 0.3) is 0 Å². The highest BCUT2D eigenvalue weighted by atomic mass is 19.3. The molecule has 0 unspecified atom stereocenters. The van der Waals surface area contributed by atoms with Crippen molar-refractivity contribution in [3.8, 4) is 5.75 Å². The lowest BCUT2D eigenvalue weighted by atomic mass is 10.1. The van der Waals surface area contributed by atoms with Gasteiger partial charge in [0.2, 0.25) is 5.91 Å². The summed E-state index contributed by atoms with van der Waals surface area (Å²) >= 11 is 0. The minimum absolute atomic E-state index is 0.0661. The van der Waals surface area contributed by atoms with Gasteiger partial charge in [-0.05, 0) is 36.2 Å². The fourth-order valence-electron chi connectivity index (χ4n) is 2.18. The van der Waals surface area contributed by atoms with Crippen LogP contribution in [0.3, 0.4) is 0 Å². The number of rotatable bonds is 7. The molecule has 0 atom stereocenters. The van der Waals surface area contributed by atoms with Crippen molar-refractivity contribution in [3.63, 3.8) is 0 Å². The third kappa shape index (κ3) is 5.56. The average Bonchev–Trinajstić information content (AvgIpc) is 2.60. The molecule has 0 aliphatic heterocycles. The number of hydrogen-bond acceptors (Lipinski definition) is 3. The summed E-state index contributed by atoms with van der Waals surface area (Å²) in [5.74, 6) is -1.34. The molecule has 0 saturated carbocycles. The van der Waals surface area contributed by atoms with Crippen molar-refractivity contribution in [2.24, 2.45) is 0 Å². The number of para-hydroxylation sites is 1. The number of benzene rings is 2. The number of carbonyl (C=O) groups is 2. The van der Waals surface area contributed by atoms with Crippen molar-refractivity contribution in [2.75, 3.05) is 11.9 Å². The Bertz CT molecular complexity index is 751. The van der Waals surface area contributed by atoms with Crippen LogP contribution in [-0.2, 0) is 11.2 Å². The van der Waals surface area contributed by atoms with Crippen molar-refractivity contribution < 1.29 is 23.1 Å². The lowest BCUT2D eigenvalue weighted by molar-refractivity contribution is -0.115. The molecule has 2 rings (SSSR count). The third-order valence-electron chi connectivity index (χ3n) is 3.38. The number of aryl methyl sites for hydroxylation is 1. The Labute approximate surface area is 144 Å². The Hall–Kier alpha value is -2.96. The number of alkyl halides is 2. The smallest absolute Gasteiger partial charge is 0.387 e. The number of nitrogens with one attached hydrogen (secondary N) is 2. The highest BCUT2D eigenvalue weighted by Crippen LogP contribution is 2.20. The molecule has 0 aliphatic rings. The van der Waals surface area contributed by atoms with E-state index in [1.165, 1.54) is 24.3 Å². The summed E-state index contributed by atoms with van der Waals surface area (Å²) < 4.78 is 29.0. The first-order valence-corrected chi connectivity index (χ1v) is 7.70. The summed E-state index contributed by atoms with van der Waals surface area (Å²) in [5.41, 5.74) is 1.63. The van der Waals surface area contributed by atoms with Crippen LogP contribution in [0.1, 0.15) is 22.8 Å². The molecule has 2 amide bonds. The summed E-state index contributed by atoms with van der Waals surface area (Å²) in [7, 11) is 0. The standard InChI is InChI=1S/C18H18F2N2O3/c1-2-12-6-5-7-13(10-12)22-16(23)11-21-17(24)14-8-3-4-9-15(14)25-18(19)20/h3-10,18H,2,11H2,1H3,(H,21,24)(H,22,23). The molecule has 0 aromatic heterocycles. The van der Waals surface area contributed by atoms with E-state index >= 15 is 0 Å². The molecular formula is C18H18F2N2O3. The summed E-state index contributed by atoms with van der Waals surface area (Å²) in [4.78, 5) is 24.0. The molecule has 132 valence electrons. The Morgan fingerprint density at radius 2 is 1.88 bits per heavy atom. The first kappa shape index (κ1) is 18.4. The van der Waals surface area contributed by atoms with Crippen molar-refractivity contribution in [2.45, 2.75) is 20.0 Å². The van der Waals surface area contributed by atoms with Gasteiger partial charge in [0.05, 0.1) is 12.1 Å². The van der Waals surface area contributed by atoms with Crippen LogP contribution in [0.15, 0.2) is 48.5 Å². The van der Waals surface area contributed by atoms with Gasteiger partial charge >= 0.3 is 6.61 Å². The Kier molecular flexibility index (Phi) is 6.45. The van der Waals surface area contributed by atoms with Crippen LogP contribution in [-0.4, -0.2) is 25.0 Å². The molecule has 25 heavy (non-hydrogen) atoms. The molecule has 0 radical (unpaired) electrons. The lowest BCUT2D eigenvalue weighted by Gasteiger charge is -2.11. The van der Waals surface area contributed by atoms with Gasteiger partial charge in [-0.25, -0.2) is 0 Å². The Balaban J connectivity index is 1.94. The zero-order chi connectivity index (χ0) is 18.2. The van der Waals surface area contributed by atoms with E-state index in [-0.39, 0.29) is 17.9 Å². The molecule has 0 bridgehead atoms. The van der Waals surface area contributed by atoms with Crippen LogP contribution in [0.2, 0.25) is 0 Å². The number of ether oxygens (including phenoxy) is 1. The van der Waals surface area contributed by atoms with E-state index in [0.29, 0.717) is 5.69 Å². The van der Waals surface area contributed by atoms with Gasteiger partial charge in [-0.2, -0.15) is 8.78 Å². The zero-order valence-corrected chi connectivity index (χ0v) is 13.6. The monoisotopic (exact) mass is 348 g/mol. The largest absolute Gasteiger partial charge is 0.434 e. The summed E-state index contributed by atoms with van der Waals surface area (Å²) in [6.07, 6.45) is 0.835. The Morgan fingerprint density at radius 3 is 2.60 bits per heavy atom. The van der Waals surface area contributed by atoms with Crippen molar-refractivity contribution in [1.29, 1.82) is 0 Å². The maximum absolute atomic E-state index is 12.4. The van der Waals surface area contributed by atoms with E-state index < -0.39 is 18.4 Å². The molecule has 0 saturated heterocycles.